The van der Waals surface area contributed by atoms with E-state index >= 15 is 0 Å². The highest BCUT2D eigenvalue weighted by atomic mass is 16.6. The number of nitro groups is 1. The lowest BCUT2D eigenvalue weighted by Gasteiger charge is -2.22. The predicted molar refractivity (Wildman–Crippen MR) is 78.2 cm³/mol. The minimum atomic E-state index is -0.722. The van der Waals surface area contributed by atoms with E-state index in [2.05, 4.69) is 0 Å². The van der Waals surface area contributed by atoms with Crippen LogP contribution in [0.25, 0.3) is 0 Å². The molecule has 2 rings (SSSR count). The molecule has 21 heavy (non-hydrogen) atoms. The van der Waals surface area contributed by atoms with Crippen molar-refractivity contribution in [3.63, 3.8) is 0 Å². The van der Waals surface area contributed by atoms with E-state index in [1.807, 2.05) is 0 Å². The van der Waals surface area contributed by atoms with Crippen LogP contribution in [-0.2, 0) is 0 Å². The van der Waals surface area contributed by atoms with Crippen LogP contribution >= 0.6 is 0 Å². The van der Waals surface area contributed by atoms with Gasteiger partial charge in [0.2, 0.25) is 0 Å². The fourth-order valence-electron chi connectivity index (χ4n) is 2.64. The van der Waals surface area contributed by atoms with Gasteiger partial charge in [-0.2, -0.15) is 0 Å². The molecule has 6 nitrogen and oxygen atoms in total. The van der Waals surface area contributed by atoms with Crippen LogP contribution in [0.2, 0.25) is 0 Å². The largest absolute Gasteiger partial charge is 0.390 e. The minimum Gasteiger partial charge on any atom is -0.390 e. The highest BCUT2D eigenvalue weighted by Gasteiger charge is 2.27. The smallest absolute Gasteiger partial charge is 0.272 e. The third-order valence-corrected chi connectivity index (χ3v) is 3.99. The molecule has 1 amide bonds. The van der Waals surface area contributed by atoms with Crippen LogP contribution in [0.4, 0.5) is 5.69 Å². The maximum absolute atomic E-state index is 12.5. The summed E-state index contributed by atoms with van der Waals surface area (Å²) in [6.07, 6.45) is 1.98. The number of hydrogen-bond donors (Lipinski definition) is 1. The molecule has 1 aliphatic heterocycles. The van der Waals surface area contributed by atoms with Crippen molar-refractivity contribution >= 4 is 11.6 Å². The molecule has 1 N–H and O–H groups in total. The Morgan fingerprint density at radius 2 is 2.10 bits per heavy atom. The van der Waals surface area contributed by atoms with Gasteiger partial charge in [-0.05, 0) is 45.2 Å². The number of aryl methyl sites for hydroxylation is 1. The Labute approximate surface area is 123 Å². The number of amides is 1. The van der Waals surface area contributed by atoms with Crippen LogP contribution in [0.15, 0.2) is 18.2 Å². The molecule has 0 bridgehead atoms. The first-order valence-electron chi connectivity index (χ1n) is 7.07. The van der Waals surface area contributed by atoms with Crippen LogP contribution < -0.4 is 0 Å². The summed E-state index contributed by atoms with van der Waals surface area (Å²) in [6.45, 7) is 4.52. The first-order valence-corrected chi connectivity index (χ1v) is 7.07. The van der Waals surface area contributed by atoms with Gasteiger partial charge < -0.3 is 10.0 Å². The molecule has 0 aliphatic carbocycles. The number of nitro benzene ring substituents is 1. The molecule has 1 aromatic carbocycles. The number of carbonyl (C=O) groups is 1. The van der Waals surface area contributed by atoms with Gasteiger partial charge in [0.1, 0.15) is 0 Å². The summed E-state index contributed by atoms with van der Waals surface area (Å²) in [5.74, 6) is -0.134. The van der Waals surface area contributed by atoms with Crippen molar-refractivity contribution in [3.8, 4) is 0 Å². The van der Waals surface area contributed by atoms with Crippen molar-refractivity contribution in [1.82, 2.24) is 4.90 Å². The molecule has 0 saturated carbocycles. The van der Waals surface area contributed by atoms with Crippen molar-refractivity contribution in [2.45, 2.75) is 38.7 Å². The maximum Gasteiger partial charge on any atom is 0.272 e. The maximum atomic E-state index is 12.5. The Morgan fingerprint density at radius 1 is 1.38 bits per heavy atom. The Kier molecular flexibility index (Phi) is 4.27. The molecular weight excluding hydrogens is 272 g/mol. The molecule has 6 heteroatoms. The van der Waals surface area contributed by atoms with E-state index in [0.717, 1.165) is 6.42 Å². The topological polar surface area (TPSA) is 83.7 Å². The van der Waals surface area contributed by atoms with E-state index in [1.165, 1.54) is 12.1 Å². The SMILES string of the molecule is Cc1cc(C(=O)N2CCCC(C)(O)CC2)ccc1[N+](=O)[O-]. The van der Waals surface area contributed by atoms with Crippen LogP contribution in [0.5, 0.6) is 0 Å². The third kappa shape index (κ3) is 3.58. The van der Waals surface area contributed by atoms with Gasteiger partial charge in [-0.1, -0.05) is 0 Å². The average molecular weight is 292 g/mol. The number of aliphatic hydroxyl groups is 1. The Balaban J connectivity index is 2.16. The lowest BCUT2D eigenvalue weighted by atomic mass is 9.98. The molecule has 1 aliphatic rings. The van der Waals surface area contributed by atoms with Crippen molar-refractivity contribution in [3.05, 3.63) is 39.4 Å². The molecule has 0 aromatic heterocycles. The Bertz CT molecular complexity index is 569. The second kappa shape index (κ2) is 5.81. The summed E-state index contributed by atoms with van der Waals surface area (Å²) in [5, 5.41) is 20.9. The molecule has 0 spiro atoms. The van der Waals surface area contributed by atoms with Crippen LogP contribution in [0.3, 0.4) is 0 Å². The third-order valence-electron chi connectivity index (χ3n) is 3.99. The molecular formula is C15H20N2O4. The van der Waals surface area contributed by atoms with E-state index in [4.69, 9.17) is 0 Å². The molecule has 1 aromatic rings. The zero-order valence-corrected chi connectivity index (χ0v) is 12.3. The molecule has 0 radical (unpaired) electrons. The summed E-state index contributed by atoms with van der Waals surface area (Å²) in [4.78, 5) is 24.5. The lowest BCUT2D eigenvalue weighted by molar-refractivity contribution is -0.385. The van der Waals surface area contributed by atoms with E-state index in [1.54, 1.807) is 24.8 Å². The molecule has 1 fully saturated rings. The van der Waals surface area contributed by atoms with Gasteiger partial charge in [-0.15, -0.1) is 0 Å². The summed E-state index contributed by atoms with van der Waals surface area (Å²) in [7, 11) is 0. The van der Waals surface area contributed by atoms with Crippen molar-refractivity contribution in [1.29, 1.82) is 0 Å². The van der Waals surface area contributed by atoms with Gasteiger partial charge in [0.15, 0.2) is 0 Å². The molecule has 114 valence electrons. The van der Waals surface area contributed by atoms with Gasteiger partial charge >= 0.3 is 0 Å². The van der Waals surface area contributed by atoms with Crippen LogP contribution in [0, 0.1) is 17.0 Å². The number of carbonyl (C=O) groups excluding carboxylic acids is 1. The Hall–Kier alpha value is -1.95. The quantitative estimate of drug-likeness (QED) is 0.669. The fraction of sp³-hybridized carbons (Fsp3) is 0.533. The van der Waals surface area contributed by atoms with Gasteiger partial charge in [-0.25, -0.2) is 0 Å². The molecule has 1 saturated heterocycles. The van der Waals surface area contributed by atoms with E-state index in [-0.39, 0.29) is 11.6 Å². The number of likely N-dealkylation sites (tertiary alicyclic amines) is 1. The second-order valence-electron chi connectivity index (χ2n) is 5.90. The number of nitrogens with zero attached hydrogens (tertiary/aromatic N) is 2. The lowest BCUT2D eigenvalue weighted by Crippen LogP contribution is -2.33. The standard InChI is InChI=1S/C15H20N2O4/c1-11-10-12(4-5-13(11)17(20)21)14(18)16-8-3-6-15(2,19)7-9-16/h4-5,10,19H,3,6-9H2,1-2H3. The number of benzene rings is 1. The zero-order valence-electron chi connectivity index (χ0n) is 12.3. The van der Waals surface area contributed by atoms with E-state index in [0.29, 0.717) is 37.1 Å². The van der Waals surface area contributed by atoms with Gasteiger partial charge in [0, 0.05) is 30.3 Å². The van der Waals surface area contributed by atoms with E-state index in [9.17, 15) is 20.0 Å². The highest BCUT2D eigenvalue weighted by molar-refractivity contribution is 5.94. The first-order chi connectivity index (χ1) is 9.80. The fourth-order valence-corrected chi connectivity index (χ4v) is 2.64. The second-order valence-corrected chi connectivity index (χ2v) is 5.90. The molecule has 1 unspecified atom stereocenters. The van der Waals surface area contributed by atoms with Crippen molar-refractivity contribution in [2.24, 2.45) is 0 Å². The summed E-state index contributed by atoms with van der Waals surface area (Å²) >= 11 is 0. The van der Waals surface area contributed by atoms with Gasteiger partial charge in [0.25, 0.3) is 11.6 Å². The molecule has 1 atom stereocenters. The van der Waals surface area contributed by atoms with Crippen LogP contribution in [0.1, 0.15) is 42.1 Å². The first kappa shape index (κ1) is 15.4. The number of rotatable bonds is 2. The van der Waals surface area contributed by atoms with E-state index < -0.39 is 10.5 Å². The normalized spacial score (nSPS) is 22.7. The highest BCUT2D eigenvalue weighted by Crippen LogP contribution is 2.24. The van der Waals surface area contributed by atoms with Crippen molar-refractivity contribution in [2.75, 3.05) is 13.1 Å². The summed E-state index contributed by atoms with van der Waals surface area (Å²) in [5.41, 5.74) is 0.234. The predicted octanol–water partition coefficient (Wildman–Crippen LogP) is 2.28. The minimum absolute atomic E-state index is 0.0188. The van der Waals surface area contributed by atoms with Gasteiger partial charge in [0.05, 0.1) is 10.5 Å². The summed E-state index contributed by atoms with van der Waals surface area (Å²) in [6, 6.07) is 4.43. The van der Waals surface area contributed by atoms with Crippen molar-refractivity contribution < 1.29 is 14.8 Å². The molecule has 1 heterocycles. The zero-order chi connectivity index (χ0) is 15.6. The summed E-state index contributed by atoms with van der Waals surface area (Å²) < 4.78 is 0. The monoisotopic (exact) mass is 292 g/mol. The number of hydrogen-bond acceptors (Lipinski definition) is 4. The van der Waals surface area contributed by atoms with Gasteiger partial charge in [-0.3, -0.25) is 14.9 Å². The van der Waals surface area contributed by atoms with Crippen LogP contribution in [-0.4, -0.2) is 39.5 Å². The average Bonchev–Trinajstić information content (AvgIpc) is 2.58. The Morgan fingerprint density at radius 3 is 2.71 bits per heavy atom.